The first-order chi connectivity index (χ1) is 18.9. The van der Waals surface area contributed by atoms with Gasteiger partial charge in [-0.1, -0.05) is 65.9 Å². The van der Waals surface area contributed by atoms with Gasteiger partial charge < -0.3 is 15.6 Å². The largest absolute Gasteiger partial charge is 0.504 e. The Bertz CT molecular complexity index is 1290. The van der Waals surface area contributed by atoms with Crippen molar-refractivity contribution in [2.75, 3.05) is 45.9 Å². The minimum absolute atomic E-state index is 0.0117. The number of urea groups is 1. The minimum atomic E-state index is -0.924. The lowest BCUT2D eigenvalue weighted by molar-refractivity contribution is -0.0372. The number of piperazine rings is 1. The zero-order chi connectivity index (χ0) is 27.6. The number of nitrogens with two attached hydrogens (primary N) is 1. The summed E-state index contributed by atoms with van der Waals surface area (Å²) in [6.45, 7) is 4.91. The third kappa shape index (κ3) is 8.12. The van der Waals surface area contributed by atoms with E-state index >= 15 is 0 Å². The van der Waals surface area contributed by atoms with E-state index in [0.29, 0.717) is 23.0 Å². The fraction of sp³-hybridized carbons (Fsp3) is 0.300. The van der Waals surface area contributed by atoms with Crippen LogP contribution in [-0.4, -0.2) is 77.1 Å². The van der Waals surface area contributed by atoms with Crippen LogP contribution in [0.25, 0.3) is 0 Å². The summed E-state index contributed by atoms with van der Waals surface area (Å²) in [7, 11) is 0. The number of benzene rings is 3. The van der Waals surface area contributed by atoms with E-state index in [-0.39, 0.29) is 24.8 Å². The van der Waals surface area contributed by atoms with Crippen LogP contribution in [0.2, 0.25) is 5.02 Å². The van der Waals surface area contributed by atoms with Gasteiger partial charge in [-0.3, -0.25) is 15.0 Å². The summed E-state index contributed by atoms with van der Waals surface area (Å²) < 4.78 is 5.85. The Balaban J connectivity index is 1.26. The van der Waals surface area contributed by atoms with Gasteiger partial charge in [-0.15, -0.1) is 0 Å². The highest BCUT2D eigenvalue weighted by molar-refractivity contribution is 6.30. The van der Waals surface area contributed by atoms with Gasteiger partial charge in [0.25, 0.3) is 0 Å². The molecule has 4 rings (SSSR count). The van der Waals surface area contributed by atoms with Gasteiger partial charge >= 0.3 is 6.03 Å². The van der Waals surface area contributed by atoms with Crippen LogP contribution in [0.1, 0.15) is 29.2 Å². The van der Waals surface area contributed by atoms with Crippen molar-refractivity contribution in [2.45, 2.75) is 12.5 Å². The Labute approximate surface area is 234 Å². The second kappa shape index (κ2) is 13.9. The monoisotopic (exact) mass is 548 g/mol. The Morgan fingerprint density at radius 2 is 1.72 bits per heavy atom. The summed E-state index contributed by atoms with van der Waals surface area (Å²) in [6.07, 6.45) is 0.248. The number of amides is 2. The Hall–Kier alpha value is -3.74. The standard InChI is InChI=1S/C30H33ClN4O4/c31-26-12-10-25(11-13-26)29(24-7-2-1-3-8-24)34-18-16-33(17-19-34)20-21-39-28-14-9-23(22-27(28)36)6-4-5-15-35(38)30(32)37/h1-3,7-14,22,29,36,38H,5,15-21H2,(H2,32,37)/t29-/m1/s1. The molecule has 1 fully saturated rings. The highest BCUT2D eigenvalue weighted by Gasteiger charge is 2.26. The highest BCUT2D eigenvalue weighted by atomic mass is 35.5. The molecule has 3 aromatic carbocycles. The number of rotatable bonds is 9. The van der Waals surface area contributed by atoms with E-state index in [1.165, 1.54) is 17.2 Å². The van der Waals surface area contributed by atoms with Gasteiger partial charge in [0.15, 0.2) is 11.5 Å². The predicted octanol–water partition coefficient (Wildman–Crippen LogP) is 4.34. The fourth-order valence-electron chi connectivity index (χ4n) is 4.58. The summed E-state index contributed by atoms with van der Waals surface area (Å²) >= 11 is 6.15. The van der Waals surface area contributed by atoms with E-state index in [4.69, 9.17) is 22.1 Å². The van der Waals surface area contributed by atoms with E-state index in [0.717, 1.165) is 37.7 Å². The van der Waals surface area contributed by atoms with Crippen molar-refractivity contribution in [3.8, 4) is 23.3 Å². The second-order valence-electron chi connectivity index (χ2n) is 9.29. The maximum Gasteiger partial charge on any atom is 0.338 e. The van der Waals surface area contributed by atoms with Gasteiger partial charge in [0.2, 0.25) is 0 Å². The lowest BCUT2D eigenvalue weighted by Crippen LogP contribution is -2.48. The number of carbonyl (C=O) groups is 1. The molecule has 1 saturated heterocycles. The first kappa shape index (κ1) is 28.3. The average molecular weight is 549 g/mol. The van der Waals surface area contributed by atoms with Gasteiger partial charge in [-0.25, -0.2) is 9.86 Å². The molecule has 1 heterocycles. The summed E-state index contributed by atoms with van der Waals surface area (Å²) in [4.78, 5) is 15.7. The van der Waals surface area contributed by atoms with Crippen LogP contribution >= 0.6 is 11.6 Å². The molecule has 1 aliphatic rings. The first-order valence-electron chi connectivity index (χ1n) is 12.9. The molecule has 2 amide bonds. The molecule has 0 bridgehead atoms. The van der Waals surface area contributed by atoms with Crippen molar-refractivity contribution in [3.63, 3.8) is 0 Å². The van der Waals surface area contributed by atoms with Crippen LogP contribution in [0.4, 0.5) is 4.79 Å². The number of phenolic OH excluding ortho intramolecular Hbond substituents is 1. The second-order valence-corrected chi connectivity index (χ2v) is 9.72. The van der Waals surface area contributed by atoms with Gasteiger partial charge in [0.1, 0.15) is 6.61 Å². The molecule has 0 aromatic heterocycles. The van der Waals surface area contributed by atoms with Crippen molar-refractivity contribution in [2.24, 2.45) is 5.73 Å². The van der Waals surface area contributed by atoms with E-state index in [1.807, 2.05) is 18.2 Å². The maximum absolute atomic E-state index is 10.8. The number of halogens is 1. The molecule has 204 valence electrons. The third-order valence-corrected chi connectivity index (χ3v) is 6.88. The zero-order valence-corrected chi connectivity index (χ0v) is 22.4. The van der Waals surface area contributed by atoms with Gasteiger partial charge in [-0.2, -0.15) is 0 Å². The first-order valence-corrected chi connectivity index (χ1v) is 13.3. The van der Waals surface area contributed by atoms with Crippen molar-refractivity contribution < 1.29 is 19.8 Å². The molecule has 1 atom stereocenters. The van der Waals surface area contributed by atoms with E-state index in [1.54, 1.807) is 12.1 Å². The number of hydrogen-bond acceptors (Lipinski definition) is 6. The lowest BCUT2D eigenvalue weighted by Gasteiger charge is -2.39. The number of hydroxylamine groups is 2. The highest BCUT2D eigenvalue weighted by Crippen LogP contribution is 2.30. The normalized spacial score (nSPS) is 14.7. The Kier molecular flexibility index (Phi) is 10.1. The zero-order valence-electron chi connectivity index (χ0n) is 21.7. The van der Waals surface area contributed by atoms with Crippen molar-refractivity contribution in [1.29, 1.82) is 0 Å². The number of aromatic hydroxyl groups is 1. The lowest BCUT2D eigenvalue weighted by atomic mass is 9.96. The predicted molar refractivity (Wildman–Crippen MR) is 151 cm³/mol. The molecule has 0 radical (unpaired) electrons. The van der Waals surface area contributed by atoms with Crippen LogP contribution in [0, 0.1) is 11.8 Å². The number of ether oxygens (including phenoxy) is 1. The van der Waals surface area contributed by atoms with Crippen LogP contribution < -0.4 is 10.5 Å². The molecule has 0 spiro atoms. The minimum Gasteiger partial charge on any atom is -0.504 e. The number of primary amides is 1. The van der Waals surface area contributed by atoms with E-state index in [9.17, 15) is 15.1 Å². The third-order valence-electron chi connectivity index (χ3n) is 6.63. The molecule has 1 aliphatic heterocycles. The van der Waals surface area contributed by atoms with Gasteiger partial charge in [0.05, 0.1) is 12.6 Å². The molecule has 0 unspecified atom stereocenters. The van der Waals surface area contributed by atoms with E-state index in [2.05, 4.69) is 58.0 Å². The molecule has 3 aromatic rings. The van der Waals surface area contributed by atoms with Crippen molar-refractivity contribution in [3.05, 3.63) is 94.5 Å². The SMILES string of the molecule is NC(=O)N(O)CCC#Cc1ccc(OCCN2CCN([C@H](c3ccccc3)c3ccc(Cl)cc3)CC2)c(O)c1. The van der Waals surface area contributed by atoms with Crippen LogP contribution in [0.15, 0.2) is 72.8 Å². The van der Waals surface area contributed by atoms with Gasteiger partial charge in [0, 0.05) is 49.7 Å². The fourth-order valence-corrected chi connectivity index (χ4v) is 4.70. The molecular formula is C30H33ClN4O4. The topological polar surface area (TPSA) is 102 Å². The molecule has 8 nitrogen and oxygen atoms in total. The number of nitrogens with zero attached hydrogens (tertiary/aromatic N) is 3. The quantitative estimate of drug-likeness (QED) is 0.209. The summed E-state index contributed by atoms with van der Waals surface area (Å²) in [5, 5.41) is 20.7. The maximum atomic E-state index is 10.8. The van der Waals surface area contributed by atoms with Crippen molar-refractivity contribution in [1.82, 2.24) is 14.9 Å². The average Bonchev–Trinajstić information content (AvgIpc) is 2.94. The molecule has 0 saturated carbocycles. The van der Waals surface area contributed by atoms with Crippen molar-refractivity contribution >= 4 is 17.6 Å². The number of carbonyl (C=O) groups excluding carboxylic acids is 1. The summed E-state index contributed by atoms with van der Waals surface area (Å²) in [5.74, 6) is 6.13. The molecule has 39 heavy (non-hydrogen) atoms. The Morgan fingerprint density at radius 1 is 1.03 bits per heavy atom. The molecule has 4 N–H and O–H groups in total. The molecule has 0 aliphatic carbocycles. The smallest absolute Gasteiger partial charge is 0.338 e. The summed E-state index contributed by atoms with van der Waals surface area (Å²) in [6, 6.07) is 22.9. The van der Waals surface area contributed by atoms with Crippen LogP contribution in [0.3, 0.4) is 0 Å². The van der Waals surface area contributed by atoms with Crippen LogP contribution in [0.5, 0.6) is 11.5 Å². The molecule has 9 heteroatoms. The Morgan fingerprint density at radius 3 is 2.38 bits per heavy atom. The summed E-state index contributed by atoms with van der Waals surface area (Å²) in [5.41, 5.74) is 8.05. The van der Waals surface area contributed by atoms with Crippen LogP contribution in [-0.2, 0) is 0 Å². The van der Waals surface area contributed by atoms with Gasteiger partial charge in [-0.05, 0) is 41.5 Å². The molecular weight excluding hydrogens is 516 g/mol. The van der Waals surface area contributed by atoms with E-state index < -0.39 is 6.03 Å². The number of phenols is 1. The number of hydrogen-bond donors (Lipinski definition) is 3.